The van der Waals surface area contributed by atoms with Gasteiger partial charge in [-0.25, -0.2) is 0 Å². The molecule has 0 radical (unpaired) electrons. The molecule has 0 saturated carbocycles. The van der Waals surface area contributed by atoms with Crippen molar-refractivity contribution in [2.24, 2.45) is 0 Å². The van der Waals surface area contributed by atoms with Crippen molar-refractivity contribution in [3.63, 3.8) is 0 Å². The molecule has 17 atom stereocenters. The van der Waals surface area contributed by atoms with Crippen LogP contribution in [0.25, 0.3) is 0 Å². The fourth-order valence-electron chi connectivity index (χ4n) is 10.7. The largest absolute Gasteiger partial charge is 0.394 e. The molecule has 0 aromatic heterocycles. The number of amides is 1. The summed E-state index contributed by atoms with van der Waals surface area (Å²) < 4.78 is 34.2. The van der Waals surface area contributed by atoms with Crippen LogP contribution in [0.3, 0.4) is 0 Å². The lowest BCUT2D eigenvalue weighted by molar-refractivity contribution is -0.379. The number of hydrogen-bond donors (Lipinski definition) is 12. The average Bonchev–Trinajstić information content (AvgIpc) is 3.57. The molecule has 0 bridgehead atoms. The molecular formula is C62H113NO18. The van der Waals surface area contributed by atoms with Crippen LogP contribution in [0.2, 0.25) is 0 Å². The maximum Gasteiger partial charge on any atom is 0.220 e. The number of hydrogen-bond acceptors (Lipinski definition) is 18. The number of carbonyl (C=O) groups excluding carboxylic acids is 1. The number of aliphatic hydroxyl groups is 11. The van der Waals surface area contributed by atoms with Gasteiger partial charge in [0.2, 0.25) is 5.91 Å². The summed E-state index contributed by atoms with van der Waals surface area (Å²) in [5.41, 5.74) is 0. The number of unbranched alkanes of at least 4 members (excludes halogenated alkanes) is 27. The quantitative estimate of drug-likeness (QED) is 0.0229. The Bertz CT molecular complexity index is 1620. The third kappa shape index (κ3) is 28.8. The zero-order valence-electron chi connectivity index (χ0n) is 49.5. The Balaban J connectivity index is 1.46. The molecule has 0 aliphatic carbocycles. The number of rotatable bonds is 47. The van der Waals surface area contributed by atoms with Crippen molar-refractivity contribution in [1.29, 1.82) is 0 Å². The lowest BCUT2D eigenvalue weighted by Gasteiger charge is -2.48. The van der Waals surface area contributed by atoms with Crippen LogP contribution in [0, 0.1) is 0 Å². The van der Waals surface area contributed by atoms with Gasteiger partial charge in [-0.3, -0.25) is 4.79 Å². The third-order valence-electron chi connectivity index (χ3n) is 15.9. The number of carbonyl (C=O) groups is 1. The fourth-order valence-corrected chi connectivity index (χ4v) is 10.7. The monoisotopic (exact) mass is 1160 g/mol. The second-order valence-corrected chi connectivity index (χ2v) is 22.9. The zero-order chi connectivity index (χ0) is 59.0. The Kier molecular flexibility index (Phi) is 41.0. The summed E-state index contributed by atoms with van der Waals surface area (Å²) in [5, 5.41) is 120. The van der Waals surface area contributed by atoms with E-state index in [9.17, 15) is 61.0 Å². The molecular weight excluding hydrogens is 1050 g/mol. The van der Waals surface area contributed by atoms with Gasteiger partial charge in [0.25, 0.3) is 0 Å². The van der Waals surface area contributed by atoms with E-state index in [2.05, 4.69) is 43.5 Å². The normalized spacial score (nSPS) is 30.0. The van der Waals surface area contributed by atoms with Crippen molar-refractivity contribution < 1.29 is 89.4 Å². The maximum atomic E-state index is 13.3. The van der Waals surface area contributed by atoms with Gasteiger partial charge in [0.15, 0.2) is 18.9 Å². The number of aliphatic hydroxyl groups excluding tert-OH is 11. The van der Waals surface area contributed by atoms with Gasteiger partial charge < -0.3 is 89.9 Å². The fraction of sp³-hybridized carbons (Fsp3) is 0.887. The summed E-state index contributed by atoms with van der Waals surface area (Å²) in [6.45, 7) is 1.69. The summed E-state index contributed by atoms with van der Waals surface area (Å²) >= 11 is 0. The van der Waals surface area contributed by atoms with Crippen LogP contribution in [-0.2, 0) is 33.2 Å². The van der Waals surface area contributed by atoms with Gasteiger partial charge >= 0.3 is 0 Å². The molecule has 81 heavy (non-hydrogen) atoms. The third-order valence-corrected chi connectivity index (χ3v) is 15.9. The van der Waals surface area contributed by atoms with Gasteiger partial charge in [-0.2, -0.15) is 0 Å². The van der Waals surface area contributed by atoms with Gasteiger partial charge in [0.05, 0.1) is 38.6 Å². The van der Waals surface area contributed by atoms with Gasteiger partial charge in [0.1, 0.15) is 73.2 Å². The summed E-state index contributed by atoms with van der Waals surface area (Å²) in [7, 11) is 0. The van der Waals surface area contributed by atoms with Crippen molar-refractivity contribution in [2.75, 3.05) is 26.4 Å². The lowest BCUT2D eigenvalue weighted by atomic mass is 9.96. The average molecular weight is 1160 g/mol. The van der Waals surface area contributed by atoms with Crippen LogP contribution in [0.15, 0.2) is 36.5 Å². The zero-order valence-corrected chi connectivity index (χ0v) is 49.5. The molecule has 0 aromatic carbocycles. The van der Waals surface area contributed by atoms with Crippen LogP contribution in [0.1, 0.15) is 219 Å². The predicted octanol–water partition coefficient (Wildman–Crippen LogP) is 6.49. The minimum Gasteiger partial charge on any atom is -0.394 e. The van der Waals surface area contributed by atoms with Crippen LogP contribution in [-0.4, -0.2) is 193 Å². The maximum absolute atomic E-state index is 13.3. The van der Waals surface area contributed by atoms with E-state index >= 15 is 0 Å². The van der Waals surface area contributed by atoms with Crippen molar-refractivity contribution in [1.82, 2.24) is 5.32 Å². The molecule has 0 aromatic rings. The van der Waals surface area contributed by atoms with Crippen LogP contribution in [0.4, 0.5) is 0 Å². The van der Waals surface area contributed by atoms with E-state index in [4.69, 9.17) is 28.4 Å². The molecule has 0 spiro atoms. The highest BCUT2D eigenvalue weighted by Crippen LogP contribution is 2.33. The van der Waals surface area contributed by atoms with Crippen LogP contribution >= 0.6 is 0 Å². The molecule has 474 valence electrons. The van der Waals surface area contributed by atoms with E-state index in [1.54, 1.807) is 6.08 Å². The van der Waals surface area contributed by atoms with E-state index in [1.807, 2.05) is 6.08 Å². The molecule has 3 aliphatic rings. The molecule has 3 fully saturated rings. The van der Waals surface area contributed by atoms with E-state index in [0.29, 0.717) is 12.8 Å². The Morgan fingerprint density at radius 2 is 0.790 bits per heavy atom. The highest BCUT2D eigenvalue weighted by molar-refractivity contribution is 5.76. The second-order valence-electron chi connectivity index (χ2n) is 22.9. The summed E-state index contributed by atoms with van der Waals surface area (Å²) in [6.07, 6.45) is 22.8. The molecule has 3 aliphatic heterocycles. The summed E-state index contributed by atoms with van der Waals surface area (Å²) in [4.78, 5) is 13.3. The lowest BCUT2D eigenvalue weighted by Crippen LogP contribution is -2.66. The molecule has 19 nitrogen and oxygen atoms in total. The summed E-state index contributed by atoms with van der Waals surface area (Å²) in [5.74, 6) is -0.287. The number of allylic oxidation sites excluding steroid dienone is 5. The molecule has 17 unspecified atom stereocenters. The van der Waals surface area contributed by atoms with Crippen molar-refractivity contribution >= 4 is 5.91 Å². The number of nitrogens with one attached hydrogen (secondary N) is 1. The van der Waals surface area contributed by atoms with Gasteiger partial charge in [-0.05, 0) is 57.8 Å². The Labute approximate surface area is 485 Å². The predicted molar refractivity (Wildman–Crippen MR) is 309 cm³/mol. The molecule has 1 amide bonds. The van der Waals surface area contributed by atoms with E-state index in [0.717, 1.165) is 38.5 Å². The van der Waals surface area contributed by atoms with Crippen molar-refractivity contribution in [3.8, 4) is 0 Å². The van der Waals surface area contributed by atoms with Gasteiger partial charge in [0, 0.05) is 6.42 Å². The van der Waals surface area contributed by atoms with Crippen molar-refractivity contribution in [2.45, 2.75) is 324 Å². The standard InChI is InChI=1S/C62H113NO18/c1-3-5-7-9-11-13-15-17-18-19-20-21-22-23-24-25-26-28-30-32-34-36-38-40-50(68)63-45(46(67)39-37-35-33-31-29-27-16-14-12-10-8-6-4-2)44-76-60-56(74)53(71)58(48(42-65)78-60)81-62-57(75)54(72)59(49(43-66)79-62)80-61-55(73)52(70)51(69)47(41-64)77-61/h19-20,29,31,37,39,45-49,51-62,64-67,69-75H,3-18,21-28,30,32-36,38,40-44H2,1-2H3,(H,63,68)/b20-19-,31-29+,39-37+. The van der Waals surface area contributed by atoms with E-state index < -0.39 is 124 Å². The Hall–Kier alpha value is -1.99. The topological polar surface area (TPSA) is 307 Å². The molecule has 3 rings (SSSR count). The molecule has 12 N–H and O–H groups in total. The summed E-state index contributed by atoms with van der Waals surface area (Å²) in [6, 6.07) is -0.988. The highest BCUT2D eigenvalue weighted by atomic mass is 16.8. The smallest absolute Gasteiger partial charge is 0.220 e. The molecule has 3 heterocycles. The first-order valence-electron chi connectivity index (χ1n) is 31.7. The van der Waals surface area contributed by atoms with Crippen molar-refractivity contribution in [3.05, 3.63) is 36.5 Å². The van der Waals surface area contributed by atoms with Crippen LogP contribution < -0.4 is 5.32 Å². The first-order chi connectivity index (χ1) is 39.3. The minimum atomic E-state index is -1.98. The SMILES string of the molecule is CCCCCCCCC/C=C/CC/C=C/C(O)C(COC1OC(CO)C(OC2OC(CO)C(OC3OC(CO)C(O)C(O)C3O)C(O)C2O)C(O)C1O)NC(=O)CCCCCCCCCCCCC/C=C\CCCCCCCCCC. The van der Waals surface area contributed by atoms with E-state index in [1.165, 1.54) is 148 Å². The minimum absolute atomic E-state index is 0.235. The first kappa shape index (κ1) is 73.3. The first-order valence-corrected chi connectivity index (χ1v) is 31.7. The Morgan fingerprint density at radius 1 is 0.432 bits per heavy atom. The van der Waals surface area contributed by atoms with Gasteiger partial charge in [-0.1, -0.05) is 192 Å². The van der Waals surface area contributed by atoms with Crippen LogP contribution in [0.5, 0.6) is 0 Å². The van der Waals surface area contributed by atoms with E-state index in [-0.39, 0.29) is 18.9 Å². The van der Waals surface area contributed by atoms with Gasteiger partial charge in [-0.15, -0.1) is 0 Å². The number of ether oxygens (including phenoxy) is 6. The Morgan fingerprint density at radius 3 is 1.23 bits per heavy atom. The second kappa shape index (κ2) is 45.3. The molecule has 3 saturated heterocycles. The highest BCUT2D eigenvalue weighted by Gasteiger charge is 2.53. The molecule has 19 heteroatoms.